The molecule has 0 saturated heterocycles. The van der Waals surface area contributed by atoms with Crippen LogP contribution < -0.4 is 0 Å². The van der Waals surface area contributed by atoms with Crippen LogP contribution in [-0.2, 0) is 0 Å². The Bertz CT molecular complexity index is 1430. The van der Waals surface area contributed by atoms with Crippen molar-refractivity contribution in [2.45, 2.75) is 13.8 Å². The van der Waals surface area contributed by atoms with Gasteiger partial charge in [-0.1, -0.05) is 36.4 Å². The zero-order chi connectivity index (χ0) is 21.2. The molecule has 0 amide bonds. The standard InChI is InChI=1S/C28H22N2S/c1-19-13-25-26-15-21(17-29-23-9-5-3-6-10-23)22(18-30-24-11-7-4-8-12-24)16-28(26)31-27(25)14-20(19)2/h3-18H,1-2H3. The third kappa shape index (κ3) is 4.05. The Hall–Kier alpha value is -3.56. The largest absolute Gasteiger partial charge is 0.256 e. The summed E-state index contributed by atoms with van der Waals surface area (Å²) in [5.74, 6) is 0. The zero-order valence-corrected chi connectivity index (χ0v) is 18.4. The molecule has 5 aromatic rings. The highest BCUT2D eigenvalue weighted by Gasteiger charge is 2.10. The number of rotatable bonds is 4. The van der Waals surface area contributed by atoms with Gasteiger partial charge in [-0.15, -0.1) is 11.3 Å². The Morgan fingerprint density at radius 3 is 1.68 bits per heavy atom. The van der Waals surface area contributed by atoms with E-state index in [4.69, 9.17) is 9.98 Å². The lowest BCUT2D eigenvalue weighted by molar-refractivity contribution is 1.37. The lowest BCUT2D eigenvalue weighted by Crippen LogP contribution is -1.91. The number of thiophene rings is 1. The molecule has 0 radical (unpaired) electrons. The van der Waals surface area contributed by atoms with Gasteiger partial charge in [-0.3, -0.25) is 9.98 Å². The van der Waals surface area contributed by atoms with Crippen molar-refractivity contribution in [3.8, 4) is 0 Å². The summed E-state index contributed by atoms with van der Waals surface area (Å²) in [6.07, 6.45) is 3.90. The smallest absolute Gasteiger partial charge is 0.0629 e. The molecule has 1 aromatic heterocycles. The van der Waals surface area contributed by atoms with Crippen LogP contribution in [0.4, 0.5) is 11.4 Å². The molecule has 0 saturated carbocycles. The van der Waals surface area contributed by atoms with Crippen molar-refractivity contribution in [1.82, 2.24) is 0 Å². The van der Waals surface area contributed by atoms with Gasteiger partial charge >= 0.3 is 0 Å². The highest BCUT2D eigenvalue weighted by Crippen LogP contribution is 2.36. The minimum atomic E-state index is 0.940. The Morgan fingerprint density at radius 1 is 0.581 bits per heavy atom. The van der Waals surface area contributed by atoms with Crippen molar-refractivity contribution in [3.63, 3.8) is 0 Å². The van der Waals surface area contributed by atoms with Crippen LogP contribution in [0.2, 0.25) is 0 Å². The molecule has 0 unspecified atom stereocenters. The maximum atomic E-state index is 4.71. The molecule has 5 rings (SSSR count). The molecule has 0 bridgehead atoms. The summed E-state index contributed by atoms with van der Waals surface area (Å²) in [6, 6.07) is 29.2. The molecule has 0 aliphatic rings. The molecule has 0 aliphatic heterocycles. The Morgan fingerprint density at radius 2 is 1.06 bits per heavy atom. The molecule has 0 fully saturated rings. The van der Waals surface area contributed by atoms with Crippen LogP contribution in [-0.4, -0.2) is 12.4 Å². The fourth-order valence-electron chi connectivity index (χ4n) is 3.65. The van der Waals surface area contributed by atoms with E-state index in [0.717, 1.165) is 22.5 Å². The molecule has 0 spiro atoms. The molecule has 0 N–H and O–H groups in total. The van der Waals surface area contributed by atoms with Crippen LogP contribution in [0.25, 0.3) is 20.2 Å². The first kappa shape index (κ1) is 19.4. The Labute approximate surface area is 186 Å². The number of aliphatic imine (C=N–C) groups is 2. The topological polar surface area (TPSA) is 24.7 Å². The highest BCUT2D eigenvalue weighted by molar-refractivity contribution is 7.25. The van der Waals surface area contributed by atoms with Gasteiger partial charge in [0.2, 0.25) is 0 Å². The van der Waals surface area contributed by atoms with E-state index in [2.05, 4.69) is 38.1 Å². The third-order valence-electron chi connectivity index (χ3n) is 5.51. The lowest BCUT2D eigenvalue weighted by Gasteiger charge is -2.04. The van der Waals surface area contributed by atoms with E-state index >= 15 is 0 Å². The third-order valence-corrected chi connectivity index (χ3v) is 6.62. The second-order valence-corrected chi connectivity index (χ2v) is 8.78. The fraction of sp³-hybridized carbons (Fsp3) is 0.0714. The van der Waals surface area contributed by atoms with E-state index in [-0.39, 0.29) is 0 Å². The molecule has 4 aromatic carbocycles. The average Bonchev–Trinajstić information content (AvgIpc) is 3.13. The Kier molecular flexibility index (Phi) is 5.19. The zero-order valence-electron chi connectivity index (χ0n) is 17.5. The SMILES string of the molecule is Cc1cc2sc3cc(C=Nc4ccccc4)c(C=Nc4ccccc4)cc3c2cc1C. The summed E-state index contributed by atoms with van der Waals surface area (Å²) < 4.78 is 2.59. The number of benzene rings is 4. The number of aryl methyl sites for hydroxylation is 2. The number of fused-ring (bicyclic) bond motifs is 3. The number of hydrogen-bond acceptors (Lipinski definition) is 3. The predicted molar refractivity (Wildman–Crippen MR) is 136 cm³/mol. The van der Waals surface area contributed by atoms with Gasteiger partial charge < -0.3 is 0 Å². The summed E-state index contributed by atoms with van der Waals surface area (Å²) in [7, 11) is 0. The molecular weight excluding hydrogens is 396 g/mol. The van der Waals surface area contributed by atoms with Crippen molar-refractivity contribution in [2.24, 2.45) is 9.98 Å². The predicted octanol–water partition coefficient (Wildman–Crippen LogP) is 8.17. The van der Waals surface area contributed by atoms with Gasteiger partial charge in [0.05, 0.1) is 11.4 Å². The number of hydrogen-bond donors (Lipinski definition) is 0. The minimum Gasteiger partial charge on any atom is -0.256 e. The van der Waals surface area contributed by atoms with E-state index in [9.17, 15) is 0 Å². The van der Waals surface area contributed by atoms with Crippen molar-refractivity contribution in [2.75, 3.05) is 0 Å². The second-order valence-electron chi connectivity index (χ2n) is 7.70. The van der Waals surface area contributed by atoms with Crippen LogP contribution in [0.3, 0.4) is 0 Å². The normalized spacial score (nSPS) is 11.9. The van der Waals surface area contributed by atoms with E-state index < -0.39 is 0 Å². The van der Waals surface area contributed by atoms with Gasteiger partial charge in [0, 0.05) is 43.7 Å². The summed E-state index contributed by atoms with van der Waals surface area (Å²) in [5, 5.41) is 2.58. The monoisotopic (exact) mass is 418 g/mol. The van der Waals surface area contributed by atoms with Crippen LogP contribution in [0, 0.1) is 13.8 Å². The summed E-state index contributed by atoms with van der Waals surface area (Å²) >= 11 is 1.84. The van der Waals surface area contributed by atoms with Crippen molar-refractivity contribution in [3.05, 3.63) is 107 Å². The summed E-state index contributed by atoms with van der Waals surface area (Å²) in [5.41, 5.74) is 6.66. The fourth-order valence-corrected chi connectivity index (χ4v) is 4.87. The molecule has 150 valence electrons. The van der Waals surface area contributed by atoms with E-state index in [1.165, 1.54) is 31.3 Å². The Balaban J connectivity index is 1.67. The van der Waals surface area contributed by atoms with Gasteiger partial charge in [-0.2, -0.15) is 0 Å². The molecule has 1 heterocycles. The number of para-hydroxylation sites is 2. The van der Waals surface area contributed by atoms with Crippen molar-refractivity contribution in [1.29, 1.82) is 0 Å². The van der Waals surface area contributed by atoms with E-state index in [1.807, 2.05) is 84.4 Å². The molecule has 0 aliphatic carbocycles. The molecule has 3 heteroatoms. The first-order valence-electron chi connectivity index (χ1n) is 10.3. The van der Waals surface area contributed by atoms with Gasteiger partial charge in [0.15, 0.2) is 0 Å². The molecular formula is C28H22N2S. The van der Waals surface area contributed by atoms with Crippen LogP contribution in [0.15, 0.2) is 94.9 Å². The van der Waals surface area contributed by atoms with E-state index in [1.54, 1.807) is 0 Å². The maximum Gasteiger partial charge on any atom is 0.0629 e. The number of nitrogens with zero attached hydrogens (tertiary/aromatic N) is 2. The maximum absolute atomic E-state index is 4.71. The highest BCUT2D eigenvalue weighted by atomic mass is 32.1. The molecule has 2 nitrogen and oxygen atoms in total. The van der Waals surface area contributed by atoms with E-state index in [0.29, 0.717) is 0 Å². The first-order chi connectivity index (χ1) is 15.2. The van der Waals surface area contributed by atoms with Crippen LogP contribution >= 0.6 is 11.3 Å². The molecule has 0 atom stereocenters. The van der Waals surface area contributed by atoms with Crippen LogP contribution in [0.5, 0.6) is 0 Å². The van der Waals surface area contributed by atoms with Crippen LogP contribution in [0.1, 0.15) is 22.3 Å². The summed E-state index contributed by atoms with van der Waals surface area (Å²) in [4.78, 5) is 9.41. The van der Waals surface area contributed by atoms with Gasteiger partial charge in [-0.25, -0.2) is 0 Å². The van der Waals surface area contributed by atoms with Crippen molar-refractivity contribution >= 4 is 55.3 Å². The summed E-state index contributed by atoms with van der Waals surface area (Å²) in [6.45, 7) is 4.35. The van der Waals surface area contributed by atoms with Gasteiger partial charge in [0.1, 0.15) is 0 Å². The average molecular weight is 419 g/mol. The second kappa shape index (κ2) is 8.29. The van der Waals surface area contributed by atoms with Gasteiger partial charge in [-0.05, 0) is 73.5 Å². The quantitative estimate of drug-likeness (QED) is 0.263. The minimum absolute atomic E-state index is 0.940. The lowest BCUT2D eigenvalue weighted by atomic mass is 10.0. The first-order valence-corrected chi connectivity index (χ1v) is 11.1. The van der Waals surface area contributed by atoms with Crippen molar-refractivity contribution < 1.29 is 0 Å². The van der Waals surface area contributed by atoms with Gasteiger partial charge in [0.25, 0.3) is 0 Å². The molecule has 31 heavy (non-hydrogen) atoms.